The Bertz CT molecular complexity index is 818. The number of benzene rings is 2. The van der Waals surface area contributed by atoms with Crippen LogP contribution in [-0.4, -0.2) is 46.2 Å². The van der Waals surface area contributed by atoms with E-state index in [0.717, 1.165) is 11.1 Å². The van der Waals surface area contributed by atoms with Gasteiger partial charge in [0.05, 0.1) is 6.10 Å². The normalized spacial score (nSPS) is 22.1. The summed E-state index contributed by atoms with van der Waals surface area (Å²) in [7, 11) is 0. The van der Waals surface area contributed by atoms with E-state index in [9.17, 15) is 19.8 Å². The molecule has 1 saturated heterocycles. The Balaban J connectivity index is 1.71. The summed E-state index contributed by atoms with van der Waals surface area (Å²) in [4.78, 5) is 26.5. The predicted molar refractivity (Wildman–Crippen MR) is 107 cm³/mol. The topological polar surface area (TPSA) is 77.8 Å². The first-order valence-corrected chi connectivity index (χ1v) is 9.69. The zero-order chi connectivity index (χ0) is 20.1. The Morgan fingerprint density at radius 3 is 2.39 bits per heavy atom. The van der Waals surface area contributed by atoms with Crippen molar-refractivity contribution in [3.05, 3.63) is 71.3 Å². The maximum absolute atomic E-state index is 12.8. The van der Waals surface area contributed by atoms with Gasteiger partial charge < -0.3 is 15.1 Å². The van der Waals surface area contributed by atoms with Gasteiger partial charge >= 0.3 is 5.97 Å². The molecule has 1 fully saturated rings. The SMILES string of the molecule is Cc1ccc(CCC(=O)N2CC[C@@H](O)[C@](Cc3ccccc3)(C(=O)O)C2)cc1. The van der Waals surface area contributed by atoms with Crippen molar-refractivity contribution < 1.29 is 19.8 Å². The van der Waals surface area contributed by atoms with Crippen molar-refractivity contribution in [2.45, 2.75) is 38.7 Å². The van der Waals surface area contributed by atoms with Gasteiger partial charge in [-0.3, -0.25) is 9.59 Å². The fourth-order valence-electron chi connectivity index (χ4n) is 3.88. The summed E-state index contributed by atoms with van der Waals surface area (Å²) in [5, 5.41) is 20.5. The highest BCUT2D eigenvalue weighted by atomic mass is 16.4. The molecular weight excluding hydrogens is 354 g/mol. The number of aliphatic hydroxyl groups is 1. The van der Waals surface area contributed by atoms with Gasteiger partial charge in [-0.25, -0.2) is 0 Å². The van der Waals surface area contributed by atoms with E-state index < -0.39 is 17.5 Å². The van der Waals surface area contributed by atoms with E-state index in [1.807, 2.05) is 61.5 Å². The van der Waals surface area contributed by atoms with Crippen LogP contribution in [0.2, 0.25) is 0 Å². The lowest BCUT2D eigenvalue weighted by atomic mass is 9.72. The van der Waals surface area contributed by atoms with Crippen molar-refractivity contribution >= 4 is 11.9 Å². The van der Waals surface area contributed by atoms with Crippen molar-refractivity contribution in [3.8, 4) is 0 Å². The fourth-order valence-corrected chi connectivity index (χ4v) is 3.88. The van der Waals surface area contributed by atoms with Gasteiger partial charge in [-0.05, 0) is 37.3 Å². The number of amides is 1. The first kappa shape index (κ1) is 20.1. The van der Waals surface area contributed by atoms with Crippen LogP contribution >= 0.6 is 0 Å². The second-order valence-electron chi connectivity index (χ2n) is 7.73. The molecule has 5 nitrogen and oxygen atoms in total. The molecule has 0 aliphatic carbocycles. The second kappa shape index (κ2) is 8.57. The number of nitrogens with zero attached hydrogens (tertiary/aromatic N) is 1. The number of likely N-dealkylation sites (tertiary alicyclic amines) is 1. The number of aliphatic hydroxyl groups excluding tert-OH is 1. The van der Waals surface area contributed by atoms with Crippen molar-refractivity contribution in [1.29, 1.82) is 0 Å². The smallest absolute Gasteiger partial charge is 0.314 e. The quantitative estimate of drug-likeness (QED) is 0.807. The number of aryl methyl sites for hydroxylation is 2. The molecule has 0 radical (unpaired) electrons. The maximum atomic E-state index is 12.8. The number of carboxylic acids is 1. The highest BCUT2D eigenvalue weighted by molar-refractivity contribution is 5.80. The van der Waals surface area contributed by atoms with Gasteiger partial charge in [-0.1, -0.05) is 60.2 Å². The van der Waals surface area contributed by atoms with Crippen molar-refractivity contribution in [2.24, 2.45) is 5.41 Å². The lowest BCUT2D eigenvalue weighted by Gasteiger charge is -2.43. The molecular formula is C23H27NO4. The molecule has 0 bridgehead atoms. The van der Waals surface area contributed by atoms with Crippen LogP contribution in [0.25, 0.3) is 0 Å². The third-order valence-corrected chi connectivity index (χ3v) is 5.67. The summed E-state index contributed by atoms with van der Waals surface area (Å²) in [5.74, 6) is -1.12. The van der Waals surface area contributed by atoms with E-state index in [1.165, 1.54) is 5.56 Å². The summed E-state index contributed by atoms with van der Waals surface area (Å²) in [6.45, 7) is 2.44. The zero-order valence-electron chi connectivity index (χ0n) is 16.2. The van der Waals surface area contributed by atoms with Crippen molar-refractivity contribution in [1.82, 2.24) is 4.90 Å². The minimum atomic E-state index is -1.38. The molecule has 0 unspecified atom stereocenters. The highest BCUT2D eigenvalue weighted by Crippen LogP contribution is 2.35. The van der Waals surface area contributed by atoms with E-state index >= 15 is 0 Å². The molecule has 1 heterocycles. The molecule has 0 spiro atoms. The molecule has 2 N–H and O–H groups in total. The molecule has 5 heteroatoms. The molecule has 1 amide bonds. The van der Waals surface area contributed by atoms with Gasteiger partial charge in [0.15, 0.2) is 0 Å². The highest BCUT2D eigenvalue weighted by Gasteiger charge is 2.50. The Kier molecular flexibility index (Phi) is 6.15. The number of carboxylic acid groups (broad SMARTS) is 1. The second-order valence-corrected chi connectivity index (χ2v) is 7.73. The monoisotopic (exact) mass is 381 g/mol. The third-order valence-electron chi connectivity index (χ3n) is 5.67. The Hall–Kier alpha value is -2.66. The first-order chi connectivity index (χ1) is 13.4. The number of hydrogen-bond donors (Lipinski definition) is 2. The van der Waals surface area contributed by atoms with Crippen molar-refractivity contribution in [2.75, 3.05) is 13.1 Å². The Morgan fingerprint density at radius 2 is 1.75 bits per heavy atom. The van der Waals surface area contributed by atoms with Crippen molar-refractivity contribution in [3.63, 3.8) is 0 Å². The molecule has 28 heavy (non-hydrogen) atoms. The number of aliphatic carboxylic acids is 1. The molecule has 2 aromatic carbocycles. The Labute approximate surface area is 165 Å². The van der Waals surface area contributed by atoms with Crippen LogP contribution < -0.4 is 0 Å². The lowest BCUT2D eigenvalue weighted by molar-refractivity contribution is -0.165. The van der Waals surface area contributed by atoms with Crippen LogP contribution in [0.5, 0.6) is 0 Å². The number of hydrogen-bond acceptors (Lipinski definition) is 3. The molecule has 1 aliphatic heterocycles. The molecule has 0 saturated carbocycles. The number of rotatable bonds is 6. The molecule has 148 valence electrons. The average Bonchev–Trinajstić information content (AvgIpc) is 2.69. The Morgan fingerprint density at radius 1 is 1.07 bits per heavy atom. The fraction of sp³-hybridized carbons (Fsp3) is 0.391. The lowest BCUT2D eigenvalue weighted by Crippen LogP contribution is -2.58. The molecule has 0 aromatic heterocycles. The molecule has 2 aromatic rings. The summed E-state index contributed by atoms with van der Waals surface area (Å²) in [6, 6.07) is 17.4. The molecule has 1 aliphatic rings. The predicted octanol–water partition coefficient (Wildman–Crippen LogP) is 2.83. The van der Waals surface area contributed by atoms with Gasteiger partial charge in [0.25, 0.3) is 0 Å². The molecule has 2 atom stereocenters. The van der Waals surface area contributed by atoms with Crippen LogP contribution in [0.1, 0.15) is 29.5 Å². The van der Waals surface area contributed by atoms with E-state index in [1.54, 1.807) is 4.90 Å². The minimum absolute atomic E-state index is 0.0329. The largest absolute Gasteiger partial charge is 0.481 e. The first-order valence-electron chi connectivity index (χ1n) is 9.69. The van der Waals surface area contributed by atoms with Crippen LogP contribution in [0, 0.1) is 12.3 Å². The number of carbonyl (C=O) groups excluding carboxylic acids is 1. The standard InChI is InChI=1S/C23H27NO4/c1-17-7-9-18(10-8-17)11-12-21(26)24-14-13-20(25)23(16-24,22(27)28)15-19-5-3-2-4-6-19/h2-10,20,25H,11-16H2,1H3,(H,27,28)/t20-,23-/m1/s1. The van der Waals surface area contributed by atoms with Crippen LogP contribution in [-0.2, 0) is 22.4 Å². The van der Waals surface area contributed by atoms with E-state index in [-0.39, 0.29) is 25.3 Å². The number of carbonyl (C=O) groups is 2. The summed E-state index contributed by atoms with van der Waals surface area (Å²) >= 11 is 0. The summed E-state index contributed by atoms with van der Waals surface area (Å²) < 4.78 is 0. The van der Waals surface area contributed by atoms with Gasteiger partial charge in [0.1, 0.15) is 5.41 Å². The van der Waals surface area contributed by atoms with E-state index in [4.69, 9.17) is 0 Å². The van der Waals surface area contributed by atoms with Gasteiger partial charge in [-0.2, -0.15) is 0 Å². The van der Waals surface area contributed by atoms with Crippen LogP contribution in [0.3, 0.4) is 0 Å². The van der Waals surface area contributed by atoms with Gasteiger partial charge in [0.2, 0.25) is 5.91 Å². The third kappa shape index (κ3) is 4.42. The average molecular weight is 381 g/mol. The van der Waals surface area contributed by atoms with Crippen LogP contribution in [0.15, 0.2) is 54.6 Å². The van der Waals surface area contributed by atoms with E-state index in [0.29, 0.717) is 19.4 Å². The maximum Gasteiger partial charge on any atom is 0.314 e. The molecule has 3 rings (SSSR count). The van der Waals surface area contributed by atoms with Gasteiger partial charge in [0, 0.05) is 19.5 Å². The number of piperidine rings is 1. The van der Waals surface area contributed by atoms with Gasteiger partial charge in [-0.15, -0.1) is 0 Å². The van der Waals surface area contributed by atoms with Crippen LogP contribution in [0.4, 0.5) is 0 Å². The summed E-state index contributed by atoms with van der Waals surface area (Å²) in [6.07, 6.45) is 0.449. The summed E-state index contributed by atoms with van der Waals surface area (Å²) in [5.41, 5.74) is 1.73. The minimum Gasteiger partial charge on any atom is -0.481 e. The zero-order valence-corrected chi connectivity index (χ0v) is 16.2. The van der Waals surface area contributed by atoms with E-state index in [2.05, 4.69) is 0 Å².